The van der Waals surface area contributed by atoms with E-state index < -0.39 is 17.4 Å². The Balaban J connectivity index is 0. The molecule has 0 amide bonds. The van der Waals surface area contributed by atoms with Gasteiger partial charge < -0.3 is 9.84 Å². The van der Waals surface area contributed by atoms with Gasteiger partial charge in [-0.2, -0.15) is 0 Å². The quantitative estimate of drug-likeness (QED) is 0.174. The first-order chi connectivity index (χ1) is 5.13. The number of aliphatic hydroxyl groups is 1. The van der Waals surface area contributed by atoms with Gasteiger partial charge in [-0.1, -0.05) is 6.42 Å². The van der Waals surface area contributed by atoms with Crippen molar-refractivity contribution >= 4 is 5.97 Å². The molecule has 0 fully saturated rings. The Morgan fingerprint density at radius 2 is 2.25 bits per heavy atom. The van der Waals surface area contributed by atoms with Gasteiger partial charge in [-0.05, 0) is 6.92 Å². The van der Waals surface area contributed by atoms with E-state index in [1.165, 1.54) is 6.92 Å². The fraction of sp³-hybridized carbons (Fsp3) is 0.143. The Morgan fingerprint density at radius 3 is 2.50 bits per heavy atom. The standard InChI is InChI=1S/C7H5NO3.Ni/c1-4-11-7(10)6(8-3)5(2)9;/h1,9H,2H3;/b6-5+;. The molecule has 12 heavy (non-hydrogen) atoms. The summed E-state index contributed by atoms with van der Waals surface area (Å²) in [5.74, 6) is -1.41. The summed E-state index contributed by atoms with van der Waals surface area (Å²) in [6, 6.07) is 0. The summed E-state index contributed by atoms with van der Waals surface area (Å²) in [4.78, 5) is 13.3. The molecule has 1 N–H and O–H groups in total. The van der Waals surface area contributed by atoms with Crippen LogP contribution in [-0.2, 0) is 26.0 Å². The zero-order valence-corrected chi connectivity index (χ0v) is 7.09. The number of allylic oxidation sites excluding steroid dienone is 1. The second-order valence-corrected chi connectivity index (χ2v) is 1.55. The number of terminal acetylenes is 1. The molecular formula is C7H5NNiO3. The third-order valence-electron chi connectivity index (χ3n) is 0.799. The van der Waals surface area contributed by atoms with E-state index in [9.17, 15) is 4.79 Å². The number of hydrogen-bond donors (Lipinski definition) is 1. The average molecular weight is 210 g/mol. The van der Waals surface area contributed by atoms with Gasteiger partial charge in [0.05, 0.1) is 6.57 Å². The molecule has 0 heterocycles. The predicted octanol–water partition coefficient (Wildman–Crippen LogP) is 0.827. The van der Waals surface area contributed by atoms with E-state index in [0.29, 0.717) is 0 Å². The molecule has 0 rings (SSSR count). The van der Waals surface area contributed by atoms with Gasteiger partial charge >= 0.3 is 11.7 Å². The molecule has 0 aromatic rings. The summed E-state index contributed by atoms with van der Waals surface area (Å²) < 4.78 is 4.01. The van der Waals surface area contributed by atoms with Crippen molar-refractivity contribution in [1.29, 1.82) is 0 Å². The molecule has 0 saturated carbocycles. The molecule has 4 nitrogen and oxygen atoms in total. The Hall–Kier alpha value is -1.45. The van der Waals surface area contributed by atoms with Crippen molar-refractivity contribution in [3.8, 4) is 12.5 Å². The van der Waals surface area contributed by atoms with Crippen LogP contribution >= 0.6 is 0 Å². The van der Waals surface area contributed by atoms with Gasteiger partial charge in [-0.15, -0.1) is 0 Å². The predicted molar refractivity (Wildman–Crippen MR) is 36.9 cm³/mol. The van der Waals surface area contributed by atoms with Gasteiger partial charge in [0.2, 0.25) is 0 Å². The molecule has 0 spiro atoms. The van der Waals surface area contributed by atoms with Gasteiger partial charge in [0.15, 0.2) is 0 Å². The molecule has 0 aliphatic heterocycles. The fourth-order valence-electron chi connectivity index (χ4n) is 0.376. The molecule has 66 valence electrons. The van der Waals surface area contributed by atoms with E-state index in [1.807, 2.05) is 0 Å². The second-order valence-electron chi connectivity index (χ2n) is 1.55. The van der Waals surface area contributed by atoms with Crippen molar-refractivity contribution in [2.75, 3.05) is 0 Å². The molecule has 0 saturated heterocycles. The number of carbonyl (C=O) groups excluding carboxylic acids is 1. The van der Waals surface area contributed by atoms with Crippen LogP contribution in [0.4, 0.5) is 0 Å². The maximum Gasteiger partial charge on any atom is 0.354 e. The van der Waals surface area contributed by atoms with E-state index in [0.717, 1.165) is 0 Å². The summed E-state index contributed by atoms with van der Waals surface area (Å²) >= 11 is 0. The number of ether oxygens (including phenoxy) is 1. The molecule has 0 radical (unpaired) electrons. The van der Waals surface area contributed by atoms with Crippen molar-refractivity contribution in [2.45, 2.75) is 6.92 Å². The topological polar surface area (TPSA) is 50.9 Å². The molecule has 0 aromatic heterocycles. The summed E-state index contributed by atoms with van der Waals surface area (Å²) in [6.45, 7) is 7.64. The maximum atomic E-state index is 10.6. The van der Waals surface area contributed by atoms with Gasteiger partial charge in [-0.3, -0.25) is 4.79 Å². The zero-order chi connectivity index (χ0) is 8.85. The van der Waals surface area contributed by atoms with E-state index in [1.54, 1.807) is 6.11 Å². The number of rotatable bonds is 1. The molecule has 0 aliphatic carbocycles. The van der Waals surface area contributed by atoms with Crippen molar-refractivity contribution in [1.82, 2.24) is 0 Å². The Labute approximate surface area is 80.0 Å². The van der Waals surface area contributed by atoms with Crippen LogP contribution in [0, 0.1) is 19.1 Å². The summed E-state index contributed by atoms with van der Waals surface area (Å²) in [7, 11) is 0. The van der Waals surface area contributed by atoms with Crippen molar-refractivity contribution in [2.24, 2.45) is 0 Å². The largest absolute Gasteiger partial charge is 0.523 e. The van der Waals surface area contributed by atoms with Crippen LogP contribution in [0.3, 0.4) is 0 Å². The molecule has 0 atom stereocenters. The van der Waals surface area contributed by atoms with Crippen LogP contribution in [0.25, 0.3) is 4.85 Å². The number of carbonyl (C=O) groups is 1. The SMILES string of the molecule is [C-]#[N+]/C(C(=O)OC#C)=C(\C)O.[Ni]. The first-order valence-corrected chi connectivity index (χ1v) is 2.57. The fourth-order valence-corrected chi connectivity index (χ4v) is 0.376. The van der Waals surface area contributed by atoms with Crippen LogP contribution in [0.1, 0.15) is 6.92 Å². The van der Waals surface area contributed by atoms with Crippen LogP contribution in [0.15, 0.2) is 11.5 Å². The van der Waals surface area contributed by atoms with Gasteiger partial charge in [0.1, 0.15) is 11.9 Å². The Kier molecular flexibility index (Phi) is 6.89. The third-order valence-corrected chi connectivity index (χ3v) is 0.799. The molecule has 5 heteroatoms. The van der Waals surface area contributed by atoms with Crippen LogP contribution in [0.2, 0.25) is 0 Å². The first-order valence-electron chi connectivity index (χ1n) is 2.57. The minimum Gasteiger partial charge on any atom is -0.523 e. The number of aliphatic hydroxyl groups excluding tert-OH is 1. The van der Waals surface area contributed by atoms with Gasteiger partial charge in [-0.25, -0.2) is 4.85 Å². The van der Waals surface area contributed by atoms with Gasteiger partial charge in [0, 0.05) is 16.5 Å². The number of nitrogens with zero attached hydrogens (tertiary/aromatic N) is 1. The smallest absolute Gasteiger partial charge is 0.354 e. The van der Waals surface area contributed by atoms with Crippen molar-refractivity contribution in [3.63, 3.8) is 0 Å². The van der Waals surface area contributed by atoms with E-state index in [4.69, 9.17) is 11.7 Å². The molecular weight excluding hydrogens is 205 g/mol. The van der Waals surface area contributed by atoms with E-state index in [2.05, 4.69) is 16.0 Å². The van der Waals surface area contributed by atoms with Crippen molar-refractivity contribution < 1.29 is 31.1 Å². The van der Waals surface area contributed by atoms with E-state index >= 15 is 0 Å². The Morgan fingerprint density at radius 1 is 1.75 bits per heavy atom. The van der Waals surface area contributed by atoms with E-state index in [-0.39, 0.29) is 16.5 Å². The normalized spacial score (nSPS) is 9.58. The molecule has 0 aliphatic rings. The van der Waals surface area contributed by atoms with Crippen LogP contribution in [0.5, 0.6) is 0 Å². The summed E-state index contributed by atoms with van der Waals surface area (Å²) in [5.41, 5.74) is -0.497. The average Bonchev–Trinajstić information content (AvgIpc) is 1.88. The monoisotopic (exact) mass is 209 g/mol. The summed E-state index contributed by atoms with van der Waals surface area (Å²) in [5, 5.41) is 8.71. The van der Waals surface area contributed by atoms with Crippen molar-refractivity contribution in [3.05, 3.63) is 22.9 Å². The van der Waals surface area contributed by atoms with Crippen LogP contribution < -0.4 is 0 Å². The minimum atomic E-state index is -1.01. The second kappa shape index (κ2) is 6.28. The van der Waals surface area contributed by atoms with Crippen LogP contribution in [-0.4, -0.2) is 11.1 Å². The maximum absolute atomic E-state index is 10.6. The first kappa shape index (κ1) is 13.2. The minimum absolute atomic E-state index is 0. The number of hydrogen-bond acceptors (Lipinski definition) is 3. The molecule has 0 bridgehead atoms. The van der Waals surface area contributed by atoms with Gasteiger partial charge in [0.25, 0.3) is 0 Å². The number of esters is 1. The Bertz CT molecular complexity index is 278. The molecule has 0 unspecified atom stereocenters. The third kappa shape index (κ3) is 3.66. The summed E-state index contributed by atoms with van der Waals surface area (Å²) in [6.07, 6.45) is 6.22. The zero-order valence-electron chi connectivity index (χ0n) is 6.10. The molecule has 0 aromatic carbocycles.